The van der Waals surface area contributed by atoms with Crippen LogP contribution in [0.1, 0.15) is 165 Å². The van der Waals surface area contributed by atoms with Gasteiger partial charge in [-0.2, -0.15) is 0 Å². The van der Waals surface area contributed by atoms with Crippen LogP contribution in [-0.4, -0.2) is 43.7 Å². The van der Waals surface area contributed by atoms with Gasteiger partial charge in [-0.15, -0.1) is 0 Å². The zero-order valence-electron chi connectivity index (χ0n) is 34.3. The number of carbonyl (C=O) groups excluding carboxylic acids is 4. The van der Waals surface area contributed by atoms with Crippen molar-refractivity contribution < 1.29 is 42.9 Å². The quantitative estimate of drug-likeness (QED) is 0.0552. The maximum absolute atomic E-state index is 13.0. The van der Waals surface area contributed by atoms with Crippen LogP contribution in [0.3, 0.4) is 0 Å². The minimum absolute atomic E-state index is 0.00731. The summed E-state index contributed by atoms with van der Waals surface area (Å²) in [6, 6.07) is 13.0. The van der Waals surface area contributed by atoms with Gasteiger partial charge in [-0.1, -0.05) is 97.3 Å². The van der Waals surface area contributed by atoms with E-state index in [-0.39, 0.29) is 43.9 Å². The van der Waals surface area contributed by atoms with Crippen LogP contribution >= 0.6 is 0 Å². The number of esters is 4. The first-order valence-corrected chi connectivity index (χ1v) is 21.9. The zero-order valence-corrected chi connectivity index (χ0v) is 34.3. The van der Waals surface area contributed by atoms with Crippen molar-refractivity contribution in [3.63, 3.8) is 0 Å². The molecule has 4 rings (SSSR count). The predicted molar refractivity (Wildman–Crippen MR) is 218 cm³/mol. The molecule has 0 heterocycles. The largest absolute Gasteiger partial charge is 0.490 e. The van der Waals surface area contributed by atoms with E-state index in [1.165, 1.54) is 83.5 Å². The van der Waals surface area contributed by atoms with Crippen LogP contribution in [0.5, 0.6) is 17.2 Å². The van der Waals surface area contributed by atoms with Crippen LogP contribution in [0.15, 0.2) is 48.5 Å². The van der Waals surface area contributed by atoms with Gasteiger partial charge < -0.3 is 23.7 Å². The Bertz CT molecular complexity index is 1420. The van der Waals surface area contributed by atoms with Gasteiger partial charge in [0.2, 0.25) is 0 Å². The lowest BCUT2D eigenvalue weighted by molar-refractivity contribution is -0.150. The zero-order chi connectivity index (χ0) is 39.8. The molecule has 0 saturated heterocycles. The summed E-state index contributed by atoms with van der Waals surface area (Å²) in [6.07, 6.45) is 24.3. The summed E-state index contributed by atoms with van der Waals surface area (Å²) in [6.45, 7) is 5.02. The molecule has 9 nitrogen and oxygen atoms in total. The molecule has 0 aliphatic heterocycles. The van der Waals surface area contributed by atoms with Crippen LogP contribution in [0.4, 0.5) is 0 Å². The first-order chi connectivity index (χ1) is 27.3. The second-order valence-electron chi connectivity index (χ2n) is 16.0. The molecule has 0 amide bonds. The van der Waals surface area contributed by atoms with Gasteiger partial charge >= 0.3 is 23.9 Å². The summed E-state index contributed by atoms with van der Waals surface area (Å²) in [5, 5.41) is 0. The van der Waals surface area contributed by atoms with E-state index in [2.05, 4.69) is 13.8 Å². The molecule has 2 saturated carbocycles. The molecule has 0 spiro atoms. The molecule has 0 N–H and O–H groups in total. The van der Waals surface area contributed by atoms with Gasteiger partial charge in [-0.25, -0.2) is 4.79 Å². The van der Waals surface area contributed by atoms with Gasteiger partial charge in [0.25, 0.3) is 0 Å². The Balaban J connectivity index is 1.04. The fraction of sp³-hybridized carbons (Fsp3) is 0.660. The molecule has 0 unspecified atom stereocenters. The number of hydrogen-bond donors (Lipinski definition) is 0. The van der Waals surface area contributed by atoms with Crippen molar-refractivity contribution in [1.82, 2.24) is 0 Å². The molecule has 2 fully saturated rings. The van der Waals surface area contributed by atoms with Crippen molar-refractivity contribution in [1.29, 1.82) is 0 Å². The molecule has 2 aliphatic rings. The molecule has 9 heteroatoms. The van der Waals surface area contributed by atoms with Crippen molar-refractivity contribution in [2.24, 2.45) is 23.7 Å². The molecule has 0 atom stereocenters. The first kappa shape index (κ1) is 44.8. The summed E-state index contributed by atoms with van der Waals surface area (Å²) < 4.78 is 27.3. The standard InChI is InChI=1S/C47H68O9/c1-3-5-7-8-9-10-11-13-33-53-44(48)31-32-45(49)54-35-34-52-41-25-23-40(24-26-41)47(51)56-43-29-27-42(28-30-43)55-46(50)39-21-19-38(20-22-39)37-17-15-36(16-18-37)14-12-6-4-2/h23-30,36-39H,3-22,31-35H2,1-2H3. The highest BCUT2D eigenvalue weighted by molar-refractivity contribution is 5.91. The third-order valence-corrected chi connectivity index (χ3v) is 11.6. The van der Waals surface area contributed by atoms with Crippen molar-refractivity contribution in [2.45, 2.75) is 155 Å². The van der Waals surface area contributed by atoms with E-state index >= 15 is 0 Å². The Morgan fingerprint density at radius 1 is 0.518 bits per heavy atom. The van der Waals surface area contributed by atoms with E-state index in [1.54, 1.807) is 48.5 Å². The number of benzene rings is 2. The predicted octanol–water partition coefficient (Wildman–Crippen LogP) is 11.4. The highest BCUT2D eigenvalue weighted by atomic mass is 16.6. The fourth-order valence-corrected chi connectivity index (χ4v) is 8.17. The molecule has 0 radical (unpaired) electrons. The maximum atomic E-state index is 13.0. The SMILES string of the molecule is CCCCCCCCCCOC(=O)CCC(=O)OCCOc1ccc(C(=O)Oc2ccc(OC(=O)C3CCC(C4CCC(CCCCC)CC4)CC3)cc2)cc1. The van der Waals surface area contributed by atoms with Gasteiger partial charge in [0.1, 0.15) is 30.5 Å². The smallest absolute Gasteiger partial charge is 0.343 e. The van der Waals surface area contributed by atoms with Crippen molar-refractivity contribution in [3.05, 3.63) is 54.1 Å². The Kier molecular flexibility index (Phi) is 20.9. The number of ether oxygens (including phenoxy) is 5. The first-order valence-electron chi connectivity index (χ1n) is 21.9. The van der Waals surface area contributed by atoms with Crippen LogP contribution in [0.25, 0.3) is 0 Å². The molecule has 56 heavy (non-hydrogen) atoms. The van der Waals surface area contributed by atoms with E-state index in [0.717, 1.165) is 62.7 Å². The third kappa shape index (κ3) is 17.1. The third-order valence-electron chi connectivity index (χ3n) is 11.6. The molecule has 0 bridgehead atoms. The molecular weight excluding hydrogens is 709 g/mol. The minimum Gasteiger partial charge on any atom is -0.490 e. The minimum atomic E-state index is -0.534. The van der Waals surface area contributed by atoms with Crippen LogP contribution < -0.4 is 14.2 Å². The lowest BCUT2D eigenvalue weighted by atomic mass is 9.68. The molecule has 310 valence electrons. The van der Waals surface area contributed by atoms with Crippen LogP contribution in [-0.2, 0) is 23.9 Å². The van der Waals surface area contributed by atoms with Gasteiger partial charge in [-0.3, -0.25) is 14.4 Å². The van der Waals surface area contributed by atoms with Gasteiger partial charge in [-0.05, 0) is 111 Å². The van der Waals surface area contributed by atoms with Crippen molar-refractivity contribution in [3.8, 4) is 17.2 Å². The van der Waals surface area contributed by atoms with Crippen LogP contribution in [0, 0.1) is 23.7 Å². The molecule has 2 aromatic carbocycles. The van der Waals surface area contributed by atoms with Crippen molar-refractivity contribution >= 4 is 23.9 Å². The molecule has 2 aliphatic carbocycles. The van der Waals surface area contributed by atoms with E-state index < -0.39 is 11.9 Å². The number of hydrogen-bond acceptors (Lipinski definition) is 9. The Hall–Kier alpha value is -3.88. The van der Waals surface area contributed by atoms with Crippen molar-refractivity contribution in [2.75, 3.05) is 19.8 Å². The second-order valence-corrected chi connectivity index (χ2v) is 16.0. The summed E-state index contributed by atoms with van der Waals surface area (Å²) in [4.78, 5) is 49.7. The average Bonchev–Trinajstić information content (AvgIpc) is 3.22. The number of unbranched alkanes of at least 4 members (excludes halogenated alkanes) is 9. The Morgan fingerprint density at radius 3 is 1.62 bits per heavy atom. The van der Waals surface area contributed by atoms with Gasteiger partial charge in [0.05, 0.1) is 30.9 Å². The summed E-state index contributed by atoms with van der Waals surface area (Å²) in [5.74, 6) is 2.14. The lowest BCUT2D eigenvalue weighted by Gasteiger charge is -2.37. The van der Waals surface area contributed by atoms with E-state index in [9.17, 15) is 19.2 Å². The van der Waals surface area contributed by atoms with Gasteiger partial charge in [0, 0.05) is 0 Å². The molecular formula is C47H68O9. The Labute approximate surface area is 335 Å². The monoisotopic (exact) mass is 776 g/mol. The lowest BCUT2D eigenvalue weighted by Crippen LogP contribution is -2.30. The average molecular weight is 777 g/mol. The van der Waals surface area contributed by atoms with E-state index in [1.807, 2.05) is 0 Å². The summed E-state index contributed by atoms with van der Waals surface area (Å²) >= 11 is 0. The number of rotatable bonds is 25. The topological polar surface area (TPSA) is 114 Å². The molecule has 0 aromatic heterocycles. The second kappa shape index (κ2) is 26.1. The maximum Gasteiger partial charge on any atom is 0.343 e. The normalized spacial score (nSPS) is 19.5. The van der Waals surface area contributed by atoms with E-state index in [0.29, 0.717) is 29.4 Å². The van der Waals surface area contributed by atoms with Crippen LogP contribution in [0.2, 0.25) is 0 Å². The van der Waals surface area contributed by atoms with Gasteiger partial charge in [0.15, 0.2) is 0 Å². The van der Waals surface area contributed by atoms with E-state index in [4.69, 9.17) is 23.7 Å². The molecule has 2 aromatic rings. The summed E-state index contributed by atoms with van der Waals surface area (Å²) in [7, 11) is 0. The Morgan fingerprint density at radius 2 is 1.02 bits per heavy atom. The highest BCUT2D eigenvalue weighted by Gasteiger charge is 2.33. The summed E-state index contributed by atoms with van der Waals surface area (Å²) in [5.41, 5.74) is 0.337. The number of carbonyl (C=O) groups is 4. The fourth-order valence-electron chi connectivity index (χ4n) is 8.17. The highest BCUT2D eigenvalue weighted by Crippen LogP contribution is 2.42.